The highest BCUT2D eigenvalue weighted by atomic mass is 32.1. The molecule has 1 aromatic carbocycles. The number of aromatic carboxylic acids is 1. The van der Waals surface area contributed by atoms with Crippen molar-refractivity contribution < 1.29 is 14.8 Å². The van der Waals surface area contributed by atoms with E-state index in [1.807, 2.05) is 0 Å². The highest BCUT2D eigenvalue weighted by Crippen LogP contribution is 2.26. The number of aromatic nitrogens is 1. The summed E-state index contributed by atoms with van der Waals surface area (Å²) in [4.78, 5) is 24.6. The van der Waals surface area contributed by atoms with Gasteiger partial charge in [-0.1, -0.05) is 12.1 Å². The van der Waals surface area contributed by atoms with Gasteiger partial charge in [0.05, 0.1) is 4.92 Å². The van der Waals surface area contributed by atoms with Crippen LogP contribution in [0.5, 0.6) is 0 Å². The second-order valence-corrected chi connectivity index (χ2v) is 4.01. The lowest BCUT2D eigenvalue weighted by Crippen LogP contribution is -1.95. The molecule has 0 aliphatic heterocycles. The number of rotatable bonds is 3. The second kappa shape index (κ2) is 4.30. The van der Waals surface area contributed by atoms with Crippen molar-refractivity contribution in [3.8, 4) is 10.6 Å². The summed E-state index contributed by atoms with van der Waals surface area (Å²) in [5.74, 6) is -1.11. The van der Waals surface area contributed by atoms with Gasteiger partial charge in [-0.3, -0.25) is 10.1 Å². The Morgan fingerprint density at radius 1 is 1.47 bits per heavy atom. The first kappa shape index (κ1) is 11.2. The predicted molar refractivity (Wildman–Crippen MR) is 61.2 cm³/mol. The zero-order valence-electron chi connectivity index (χ0n) is 8.36. The molecule has 6 nitrogen and oxygen atoms in total. The van der Waals surface area contributed by atoms with Gasteiger partial charge in [-0.25, -0.2) is 9.78 Å². The van der Waals surface area contributed by atoms with E-state index in [1.54, 1.807) is 6.07 Å². The quantitative estimate of drug-likeness (QED) is 0.666. The summed E-state index contributed by atoms with van der Waals surface area (Å²) in [6.45, 7) is 0. The van der Waals surface area contributed by atoms with E-state index in [0.29, 0.717) is 10.6 Å². The van der Waals surface area contributed by atoms with Crippen LogP contribution in [-0.2, 0) is 0 Å². The minimum absolute atomic E-state index is 0.0467. The number of benzene rings is 1. The summed E-state index contributed by atoms with van der Waals surface area (Å²) < 4.78 is 0. The molecule has 7 heteroatoms. The number of nitro groups is 1. The van der Waals surface area contributed by atoms with Crippen LogP contribution >= 0.6 is 11.3 Å². The summed E-state index contributed by atoms with van der Waals surface area (Å²) in [6.07, 6.45) is 0. The van der Waals surface area contributed by atoms with Gasteiger partial charge in [0.25, 0.3) is 5.69 Å². The van der Waals surface area contributed by atoms with E-state index in [1.165, 1.54) is 23.6 Å². The highest BCUT2D eigenvalue weighted by molar-refractivity contribution is 7.13. The normalized spacial score (nSPS) is 10.1. The van der Waals surface area contributed by atoms with Crippen molar-refractivity contribution in [1.29, 1.82) is 0 Å². The van der Waals surface area contributed by atoms with Crippen LogP contribution in [0.2, 0.25) is 0 Å². The van der Waals surface area contributed by atoms with Gasteiger partial charge < -0.3 is 5.11 Å². The molecule has 0 spiro atoms. The summed E-state index contributed by atoms with van der Waals surface area (Å²) in [5.41, 5.74) is 0.433. The Balaban J connectivity index is 2.42. The molecule has 0 unspecified atom stereocenters. The molecule has 1 N–H and O–H groups in total. The minimum atomic E-state index is -1.11. The number of carboxylic acid groups (broad SMARTS) is 1. The lowest BCUT2D eigenvalue weighted by Gasteiger charge is -1.95. The van der Waals surface area contributed by atoms with E-state index in [-0.39, 0.29) is 11.4 Å². The van der Waals surface area contributed by atoms with Crippen molar-refractivity contribution >= 4 is 23.0 Å². The molecule has 0 bridgehead atoms. The molecule has 0 fully saturated rings. The van der Waals surface area contributed by atoms with Crippen molar-refractivity contribution in [3.63, 3.8) is 0 Å². The maximum atomic E-state index is 10.7. The van der Waals surface area contributed by atoms with Gasteiger partial charge in [-0.05, 0) is 0 Å². The Kier molecular flexibility index (Phi) is 2.84. The Morgan fingerprint density at radius 3 is 2.82 bits per heavy atom. The molecule has 0 aliphatic carbocycles. The van der Waals surface area contributed by atoms with Crippen molar-refractivity contribution in [1.82, 2.24) is 4.98 Å². The number of hydrogen-bond acceptors (Lipinski definition) is 5. The van der Waals surface area contributed by atoms with E-state index in [4.69, 9.17) is 5.11 Å². The van der Waals surface area contributed by atoms with Gasteiger partial charge in [0.1, 0.15) is 5.01 Å². The third kappa shape index (κ3) is 2.28. The van der Waals surface area contributed by atoms with Crippen LogP contribution in [0.25, 0.3) is 10.6 Å². The largest absolute Gasteiger partial charge is 0.476 e. The highest BCUT2D eigenvalue weighted by Gasteiger charge is 2.12. The Bertz CT molecular complexity index is 593. The van der Waals surface area contributed by atoms with Gasteiger partial charge in [0.15, 0.2) is 5.69 Å². The molecule has 0 amide bonds. The first-order chi connectivity index (χ1) is 8.08. The summed E-state index contributed by atoms with van der Waals surface area (Å²) in [6, 6.07) is 5.92. The van der Waals surface area contributed by atoms with Crippen LogP contribution < -0.4 is 0 Å². The molecule has 0 saturated carbocycles. The molecular formula is C10H6N2O4S. The fraction of sp³-hybridized carbons (Fsp3) is 0. The standard InChI is InChI=1S/C10H6N2O4S/c13-10(14)8-5-17-9(11-8)6-2-1-3-7(4-6)12(15)16/h1-5H,(H,13,14). The molecule has 0 saturated heterocycles. The fourth-order valence-electron chi connectivity index (χ4n) is 1.26. The molecule has 86 valence electrons. The number of carbonyl (C=O) groups is 1. The number of hydrogen-bond donors (Lipinski definition) is 1. The summed E-state index contributed by atoms with van der Waals surface area (Å²) >= 11 is 1.14. The topological polar surface area (TPSA) is 93.3 Å². The number of carboxylic acids is 1. The first-order valence-corrected chi connectivity index (χ1v) is 5.39. The van der Waals surface area contributed by atoms with Crippen LogP contribution in [0.3, 0.4) is 0 Å². The van der Waals surface area contributed by atoms with Crippen LogP contribution in [0.15, 0.2) is 29.6 Å². The zero-order chi connectivity index (χ0) is 12.4. The van der Waals surface area contributed by atoms with Gasteiger partial charge in [-0.2, -0.15) is 0 Å². The smallest absolute Gasteiger partial charge is 0.355 e. The molecule has 2 aromatic rings. The number of nitro benzene ring substituents is 1. The molecular weight excluding hydrogens is 244 g/mol. The fourth-order valence-corrected chi connectivity index (χ4v) is 2.05. The third-order valence-electron chi connectivity index (χ3n) is 2.03. The van der Waals surface area contributed by atoms with Crippen LogP contribution in [-0.4, -0.2) is 21.0 Å². The van der Waals surface area contributed by atoms with Crippen molar-refractivity contribution in [3.05, 3.63) is 45.5 Å². The van der Waals surface area contributed by atoms with Crippen LogP contribution in [0, 0.1) is 10.1 Å². The average Bonchev–Trinajstić information content (AvgIpc) is 2.78. The van der Waals surface area contributed by atoms with E-state index in [9.17, 15) is 14.9 Å². The Hall–Kier alpha value is -2.28. The van der Waals surface area contributed by atoms with Gasteiger partial charge in [0.2, 0.25) is 0 Å². The number of thiazole rings is 1. The summed E-state index contributed by atoms with van der Waals surface area (Å²) in [7, 11) is 0. The van der Waals surface area contributed by atoms with Gasteiger partial charge in [-0.15, -0.1) is 11.3 Å². The van der Waals surface area contributed by atoms with E-state index >= 15 is 0 Å². The minimum Gasteiger partial charge on any atom is -0.476 e. The molecule has 17 heavy (non-hydrogen) atoms. The Morgan fingerprint density at radius 2 is 2.24 bits per heavy atom. The molecule has 1 aromatic heterocycles. The van der Waals surface area contributed by atoms with Crippen molar-refractivity contribution in [2.24, 2.45) is 0 Å². The monoisotopic (exact) mass is 250 g/mol. The molecule has 0 atom stereocenters. The number of non-ortho nitro benzene ring substituents is 1. The Labute approximate surface area is 99.3 Å². The molecule has 0 aliphatic rings. The molecule has 1 heterocycles. The van der Waals surface area contributed by atoms with Crippen molar-refractivity contribution in [2.45, 2.75) is 0 Å². The lowest BCUT2D eigenvalue weighted by molar-refractivity contribution is -0.384. The van der Waals surface area contributed by atoms with Gasteiger partial charge >= 0.3 is 5.97 Å². The van der Waals surface area contributed by atoms with Crippen molar-refractivity contribution in [2.75, 3.05) is 0 Å². The second-order valence-electron chi connectivity index (χ2n) is 3.15. The van der Waals surface area contributed by atoms with Crippen LogP contribution in [0.4, 0.5) is 5.69 Å². The maximum absolute atomic E-state index is 10.7. The van der Waals surface area contributed by atoms with Gasteiger partial charge in [0, 0.05) is 23.1 Å². The number of nitrogens with zero attached hydrogens (tertiary/aromatic N) is 2. The SMILES string of the molecule is O=C(O)c1csc(-c2cccc([N+](=O)[O-])c2)n1. The van der Waals surface area contributed by atoms with E-state index in [2.05, 4.69) is 4.98 Å². The summed E-state index contributed by atoms with van der Waals surface area (Å²) in [5, 5.41) is 21.2. The zero-order valence-corrected chi connectivity index (χ0v) is 9.18. The molecule has 0 radical (unpaired) electrons. The molecule has 2 rings (SSSR count). The van der Waals surface area contributed by atoms with E-state index < -0.39 is 10.9 Å². The average molecular weight is 250 g/mol. The lowest BCUT2D eigenvalue weighted by atomic mass is 10.2. The third-order valence-corrected chi connectivity index (χ3v) is 2.92. The predicted octanol–water partition coefficient (Wildman–Crippen LogP) is 2.42. The maximum Gasteiger partial charge on any atom is 0.355 e. The van der Waals surface area contributed by atoms with Crippen LogP contribution in [0.1, 0.15) is 10.5 Å². The van der Waals surface area contributed by atoms with E-state index in [0.717, 1.165) is 11.3 Å². The first-order valence-electron chi connectivity index (χ1n) is 4.51.